The predicted octanol–water partition coefficient (Wildman–Crippen LogP) is 3.77. The van der Waals surface area contributed by atoms with Crippen molar-refractivity contribution in [1.29, 1.82) is 0 Å². The summed E-state index contributed by atoms with van der Waals surface area (Å²) in [5.74, 6) is 0.202. The molecule has 0 spiro atoms. The molecule has 120 valence electrons. The van der Waals surface area contributed by atoms with Gasteiger partial charge in [-0.2, -0.15) is 0 Å². The minimum Gasteiger partial charge on any atom is -0.481 e. The molecule has 5 nitrogen and oxygen atoms in total. The van der Waals surface area contributed by atoms with Gasteiger partial charge in [-0.25, -0.2) is 0 Å². The minimum absolute atomic E-state index is 0.0373. The normalized spacial score (nSPS) is 11.0. The molecule has 0 aromatic carbocycles. The summed E-state index contributed by atoms with van der Waals surface area (Å²) >= 11 is 1.24. The van der Waals surface area contributed by atoms with Crippen LogP contribution >= 0.6 is 11.8 Å². The van der Waals surface area contributed by atoms with Gasteiger partial charge in [0.25, 0.3) is 0 Å². The molecule has 1 N–H and O–H groups in total. The summed E-state index contributed by atoms with van der Waals surface area (Å²) in [6, 6.07) is 0. The number of unbranched alkanes of at least 4 members (excludes halogenated alkanes) is 6. The number of thioether (sulfide) groups is 1. The van der Waals surface area contributed by atoms with Gasteiger partial charge >= 0.3 is 5.97 Å². The summed E-state index contributed by atoms with van der Waals surface area (Å²) in [5.41, 5.74) is 0. The maximum atomic E-state index is 10.6. The van der Waals surface area contributed by atoms with E-state index < -0.39 is 5.97 Å². The van der Waals surface area contributed by atoms with Crippen LogP contribution in [0, 0.1) is 0 Å². The maximum Gasteiger partial charge on any atom is 0.313 e. The van der Waals surface area contributed by atoms with Gasteiger partial charge < -0.3 is 9.67 Å². The Hall–Kier alpha value is -1.04. The summed E-state index contributed by atoms with van der Waals surface area (Å²) in [5, 5.41) is 17.8. The van der Waals surface area contributed by atoms with E-state index in [2.05, 4.69) is 17.1 Å². The molecule has 0 saturated heterocycles. The molecule has 0 bridgehead atoms. The highest BCUT2D eigenvalue weighted by atomic mass is 32.2. The summed E-state index contributed by atoms with van der Waals surface area (Å²) in [6.07, 6.45) is 9.89. The standard InChI is InChI=1S/C15H27N3O2S/c1-3-5-6-7-8-9-10-11-13-16-17-15(18(13)4-2)21-12-14(19)20/h3-12H2,1-2H3,(H,19,20). The SMILES string of the molecule is CCCCCCCCCc1nnc(SCC(=O)O)n1CC. The molecule has 0 aliphatic heterocycles. The van der Waals surface area contributed by atoms with Crippen LogP contribution in [0.15, 0.2) is 5.16 Å². The lowest BCUT2D eigenvalue weighted by atomic mass is 10.1. The second-order valence-electron chi connectivity index (χ2n) is 5.20. The minimum atomic E-state index is -0.820. The third kappa shape index (κ3) is 6.98. The molecule has 1 heterocycles. The van der Waals surface area contributed by atoms with Crippen LogP contribution in [-0.4, -0.2) is 31.6 Å². The number of carboxylic acids is 1. The van der Waals surface area contributed by atoms with Gasteiger partial charge in [-0.15, -0.1) is 10.2 Å². The molecule has 1 rings (SSSR count). The quantitative estimate of drug-likeness (QED) is 0.470. The lowest BCUT2D eigenvalue weighted by Gasteiger charge is -2.06. The van der Waals surface area contributed by atoms with E-state index in [0.29, 0.717) is 0 Å². The molecular formula is C15H27N3O2S. The highest BCUT2D eigenvalue weighted by Crippen LogP contribution is 2.18. The Bertz CT molecular complexity index is 421. The zero-order valence-corrected chi connectivity index (χ0v) is 14.0. The average Bonchev–Trinajstić information content (AvgIpc) is 2.86. The average molecular weight is 313 g/mol. The fourth-order valence-electron chi connectivity index (χ4n) is 2.29. The first-order chi connectivity index (χ1) is 10.2. The zero-order chi connectivity index (χ0) is 15.5. The van der Waals surface area contributed by atoms with Crippen LogP contribution in [0.3, 0.4) is 0 Å². The number of carboxylic acid groups (broad SMARTS) is 1. The van der Waals surface area contributed by atoms with Crippen molar-refractivity contribution in [2.24, 2.45) is 0 Å². The lowest BCUT2D eigenvalue weighted by molar-refractivity contribution is -0.133. The van der Waals surface area contributed by atoms with Gasteiger partial charge in [-0.1, -0.05) is 57.2 Å². The molecule has 1 aromatic heterocycles. The molecule has 1 aromatic rings. The number of hydrogen-bond acceptors (Lipinski definition) is 4. The van der Waals surface area contributed by atoms with Gasteiger partial charge in [-0.05, 0) is 13.3 Å². The van der Waals surface area contributed by atoms with E-state index >= 15 is 0 Å². The Morgan fingerprint density at radius 3 is 2.38 bits per heavy atom. The molecule has 0 amide bonds. The second kappa shape index (κ2) is 10.7. The fraction of sp³-hybridized carbons (Fsp3) is 0.800. The van der Waals surface area contributed by atoms with Crippen molar-refractivity contribution < 1.29 is 9.90 Å². The van der Waals surface area contributed by atoms with E-state index in [1.54, 1.807) is 0 Å². The van der Waals surface area contributed by atoms with Gasteiger partial charge in [0.1, 0.15) is 5.82 Å². The summed E-state index contributed by atoms with van der Waals surface area (Å²) in [7, 11) is 0. The molecular weight excluding hydrogens is 286 g/mol. The van der Waals surface area contributed by atoms with Crippen molar-refractivity contribution in [2.45, 2.75) is 76.9 Å². The van der Waals surface area contributed by atoms with Crippen LogP contribution in [0.2, 0.25) is 0 Å². The lowest BCUT2D eigenvalue weighted by Crippen LogP contribution is -2.05. The molecule has 0 fully saturated rings. The molecule has 6 heteroatoms. The van der Waals surface area contributed by atoms with Crippen molar-refractivity contribution in [3.05, 3.63) is 5.82 Å². The summed E-state index contributed by atoms with van der Waals surface area (Å²) in [4.78, 5) is 10.6. The van der Waals surface area contributed by atoms with Crippen LogP contribution in [0.25, 0.3) is 0 Å². The van der Waals surface area contributed by atoms with Crippen molar-refractivity contribution in [3.8, 4) is 0 Å². The van der Waals surface area contributed by atoms with E-state index in [1.807, 2.05) is 11.5 Å². The number of hydrogen-bond donors (Lipinski definition) is 1. The van der Waals surface area contributed by atoms with Gasteiger partial charge in [0.05, 0.1) is 5.75 Å². The number of aliphatic carboxylic acids is 1. The smallest absolute Gasteiger partial charge is 0.313 e. The van der Waals surface area contributed by atoms with E-state index in [9.17, 15) is 4.79 Å². The topological polar surface area (TPSA) is 68.0 Å². The number of aryl methyl sites for hydroxylation is 1. The third-order valence-electron chi connectivity index (χ3n) is 3.44. The number of carbonyl (C=O) groups is 1. The Balaban J connectivity index is 2.32. The van der Waals surface area contributed by atoms with Crippen LogP contribution in [-0.2, 0) is 17.8 Å². The molecule has 0 atom stereocenters. The van der Waals surface area contributed by atoms with Crippen molar-refractivity contribution >= 4 is 17.7 Å². The van der Waals surface area contributed by atoms with Gasteiger partial charge in [0.15, 0.2) is 5.16 Å². The van der Waals surface area contributed by atoms with Gasteiger partial charge in [-0.3, -0.25) is 4.79 Å². The van der Waals surface area contributed by atoms with Crippen molar-refractivity contribution in [2.75, 3.05) is 5.75 Å². The van der Waals surface area contributed by atoms with E-state index in [-0.39, 0.29) is 5.75 Å². The fourth-order valence-corrected chi connectivity index (χ4v) is 3.04. The molecule has 0 aliphatic carbocycles. The Morgan fingerprint density at radius 2 is 1.76 bits per heavy atom. The van der Waals surface area contributed by atoms with Crippen LogP contribution in [0.5, 0.6) is 0 Å². The Morgan fingerprint density at radius 1 is 1.10 bits per heavy atom. The monoisotopic (exact) mass is 313 g/mol. The third-order valence-corrected chi connectivity index (χ3v) is 4.39. The van der Waals surface area contributed by atoms with Gasteiger partial charge in [0, 0.05) is 13.0 Å². The highest BCUT2D eigenvalue weighted by molar-refractivity contribution is 7.99. The summed E-state index contributed by atoms with van der Waals surface area (Å²) in [6.45, 7) is 5.07. The largest absolute Gasteiger partial charge is 0.481 e. The van der Waals surface area contributed by atoms with Crippen LogP contribution in [0.1, 0.15) is 64.6 Å². The van der Waals surface area contributed by atoms with Crippen molar-refractivity contribution in [3.63, 3.8) is 0 Å². The number of nitrogens with zero attached hydrogens (tertiary/aromatic N) is 3. The molecule has 0 radical (unpaired) electrons. The Labute approximate surface area is 131 Å². The zero-order valence-electron chi connectivity index (χ0n) is 13.2. The van der Waals surface area contributed by atoms with Gasteiger partial charge in [0.2, 0.25) is 0 Å². The number of rotatable bonds is 12. The van der Waals surface area contributed by atoms with Crippen LogP contribution in [0.4, 0.5) is 0 Å². The second-order valence-corrected chi connectivity index (χ2v) is 6.14. The molecule has 0 saturated carbocycles. The highest BCUT2D eigenvalue weighted by Gasteiger charge is 2.12. The first-order valence-corrected chi connectivity index (χ1v) is 8.94. The molecule has 0 aliphatic rings. The summed E-state index contributed by atoms with van der Waals surface area (Å²) < 4.78 is 2.03. The molecule has 0 unspecified atom stereocenters. The predicted molar refractivity (Wildman–Crippen MR) is 85.8 cm³/mol. The van der Waals surface area contributed by atoms with Crippen molar-refractivity contribution in [1.82, 2.24) is 14.8 Å². The van der Waals surface area contributed by atoms with E-state index in [1.165, 1.54) is 50.3 Å². The number of aromatic nitrogens is 3. The van der Waals surface area contributed by atoms with E-state index in [4.69, 9.17) is 5.11 Å². The first-order valence-electron chi connectivity index (χ1n) is 7.95. The van der Waals surface area contributed by atoms with E-state index in [0.717, 1.165) is 30.4 Å². The Kier molecular flexibility index (Phi) is 9.14. The van der Waals surface area contributed by atoms with Crippen LogP contribution < -0.4 is 0 Å². The first kappa shape index (κ1) is 18.0. The maximum absolute atomic E-state index is 10.6. The molecule has 21 heavy (non-hydrogen) atoms.